The van der Waals surface area contributed by atoms with Crippen LogP contribution in [0, 0.1) is 31.6 Å². The number of carbonyl (C=O) groups is 4. The molecule has 2 amide bonds. The van der Waals surface area contributed by atoms with E-state index >= 15 is 0 Å². The van der Waals surface area contributed by atoms with Gasteiger partial charge in [0.1, 0.15) is 5.75 Å². The van der Waals surface area contributed by atoms with Crippen molar-refractivity contribution in [3.63, 3.8) is 0 Å². The van der Waals surface area contributed by atoms with Crippen LogP contribution in [0.1, 0.15) is 47.9 Å². The number of amides is 2. The number of hydrogen-bond acceptors (Lipinski definition) is 5. The van der Waals surface area contributed by atoms with E-state index in [1.807, 2.05) is 30.3 Å². The summed E-state index contributed by atoms with van der Waals surface area (Å²) >= 11 is 0. The van der Waals surface area contributed by atoms with Gasteiger partial charge >= 0.3 is 0 Å². The number of benzene rings is 2. The molecule has 0 bridgehead atoms. The van der Waals surface area contributed by atoms with Gasteiger partial charge in [0.15, 0.2) is 11.6 Å². The number of nitrogens with zero attached hydrogens (tertiary/aromatic N) is 1. The van der Waals surface area contributed by atoms with Gasteiger partial charge in [-0.3, -0.25) is 24.1 Å². The summed E-state index contributed by atoms with van der Waals surface area (Å²) in [6.45, 7) is 9.01. The molecule has 0 radical (unpaired) electrons. The number of Topliss-reactive ketones (excluding diaryl/α,β-unsaturated/α-hetero) is 1. The first-order chi connectivity index (χ1) is 18.6. The Hall–Kier alpha value is -4.32. The third-order valence-electron chi connectivity index (χ3n) is 8.80. The van der Waals surface area contributed by atoms with Crippen molar-refractivity contribution in [2.45, 2.75) is 39.5 Å². The molecule has 1 N–H and O–H groups in total. The summed E-state index contributed by atoms with van der Waals surface area (Å²) in [7, 11) is 0. The molecule has 1 aliphatic heterocycles. The number of phenols is 1. The maximum atomic E-state index is 14.0. The summed E-state index contributed by atoms with van der Waals surface area (Å²) < 4.78 is 0. The molecule has 2 aromatic rings. The van der Waals surface area contributed by atoms with Crippen molar-refractivity contribution >= 4 is 35.1 Å². The zero-order chi connectivity index (χ0) is 27.7. The van der Waals surface area contributed by atoms with Gasteiger partial charge < -0.3 is 5.11 Å². The molecule has 1 fully saturated rings. The number of carbonyl (C=O) groups excluding carboxylic acids is 4. The molecule has 0 saturated carbocycles. The smallest absolute Gasteiger partial charge is 0.238 e. The summed E-state index contributed by atoms with van der Waals surface area (Å²) in [5.41, 5.74) is 5.72. The number of fused-ring (bicyclic) bond motifs is 3. The molecule has 6 nitrogen and oxygen atoms in total. The molecule has 6 heteroatoms. The monoisotopic (exact) mass is 519 g/mol. The van der Waals surface area contributed by atoms with Crippen LogP contribution in [0.2, 0.25) is 0 Å². The zero-order valence-electron chi connectivity index (χ0n) is 22.2. The highest BCUT2D eigenvalue weighted by Gasteiger charge is 2.56. The van der Waals surface area contributed by atoms with E-state index in [1.54, 1.807) is 39.0 Å². The first kappa shape index (κ1) is 25.0. The van der Waals surface area contributed by atoms with Crippen LogP contribution in [0.5, 0.6) is 5.75 Å². The van der Waals surface area contributed by atoms with Crippen LogP contribution in [0.4, 0.5) is 5.69 Å². The third-order valence-corrected chi connectivity index (χ3v) is 8.80. The number of phenolic OH excluding ortho intramolecular Hbond substituents is 1. The Morgan fingerprint density at radius 1 is 0.949 bits per heavy atom. The van der Waals surface area contributed by atoms with Gasteiger partial charge in [0.2, 0.25) is 11.8 Å². The van der Waals surface area contributed by atoms with Crippen LogP contribution in [0.3, 0.4) is 0 Å². The van der Waals surface area contributed by atoms with Gasteiger partial charge in [0, 0.05) is 22.6 Å². The number of ketones is 2. The van der Waals surface area contributed by atoms with Crippen molar-refractivity contribution in [2.75, 3.05) is 4.90 Å². The van der Waals surface area contributed by atoms with Crippen LogP contribution in [0.25, 0.3) is 6.08 Å². The lowest BCUT2D eigenvalue weighted by atomic mass is 9.59. The van der Waals surface area contributed by atoms with Crippen LogP contribution in [-0.4, -0.2) is 28.5 Å². The lowest BCUT2D eigenvalue weighted by Gasteiger charge is -2.42. The SMILES string of the molecule is C=Cc1ccc(N2C(=O)C3CC=C4C(c5cc(C)c(O)c(C)c5)C5=C(CC4C3C2=O)C(=O)C(C)=CC5=O)cc1. The molecule has 0 aromatic heterocycles. The summed E-state index contributed by atoms with van der Waals surface area (Å²) in [6, 6.07) is 10.8. The molecule has 4 atom stereocenters. The molecule has 196 valence electrons. The third kappa shape index (κ3) is 3.62. The average Bonchev–Trinajstić information content (AvgIpc) is 3.18. The molecule has 3 aliphatic carbocycles. The van der Waals surface area contributed by atoms with Crippen LogP contribution in [0.15, 0.2) is 77.4 Å². The number of imide groups is 1. The van der Waals surface area contributed by atoms with Crippen molar-refractivity contribution in [3.8, 4) is 5.75 Å². The fraction of sp³-hybridized carbons (Fsp3) is 0.273. The highest BCUT2D eigenvalue weighted by Crippen LogP contribution is 2.55. The van der Waals surface area contributed by atoms with Crippen LogP contribution < -0.4 is 4.90 Å². The number of anilines is 1. The molecule has 6 rings (SSSR count). The number of rotatable bonds is 3. The summed E-state index contributed by atoms with van der Waals surface area (Å²) in [6.07, 6.45) is 5.74. The van der Waals surface area contributed by atoms with E-state index in [1.165, 1.54) is 11.0 Å². The maximum Gasteiger partial charge on any atom is 0.238 e. The molecule has 39 heavy (non-hydrogen) atoms. The van der Waals surface area contributed by atoms with E-state index in [9.17, 15) is 24.3 Å². The predicted molar refractivity (Wildman–Crippen MR) is 148 cm³/mol. The topological polar surface area (TPSA) is 91.8 Å². The fourth-order valence-corrected chi connectivity index (χ4v) is 6.93. The van der Waals surface area contributed by atoms with Crippen molar-refractivity contribution in [1.29, 1.82) is 0 Å². The van der Waals surface area contributed by atoms with Gasteiger partial charge in [-0.05, 0) is 80.0 Å². The number of allylic oxidation sites excluding steroid dienone is 6. The van der Waals surface area contributed by atoms with Gasteiger partial charge in [-0.25, -0.2) is 0 Å². The van der Waals surface area contributed by atoms with Crippen LogP contribution in [-0.2, 0) is 19.2 Å². The fourth-order valence-electron chi connectivity index (χ4n) is 6.93. The summed E-state index contributed by atoms with van der Waals surface area (Å²) in [4.78, 5) is 55.7. The van der Waals surface area contributed by atoms with Crippen molar-refractivity contribution < 1.29 is 24.3 Å². The van der Waals surface area contributed by atoms with Gasteiger partial charge in [-0.15, -0.1) is 0 Å². The molecule has 0 spiro atoms. The lowest BCUT2D eigenvalue weighted by Crippen LogP contribution is -2.39. The average molecular weight is 520 g/mol. The molecular weight excluding hydrogens is 490 g/mol. The Morgan fingerprint density at radius 2 is 1.62 bits per heavy atom. The van der Waals surface area contributed by atoms with E-state index < -0.39 is 23.7 Å². The minimum atomic E-state index is -0.624. The van der Waals surface area contributed by atoms with E-state index in [4.69, 9.17) is 0 Å². The summed E-state index contributed by atoms with van der Waals surface area (Å²) in [5, 5.41) is 10.4. The Balaban J connectivity index is 1.49. The Bertz CT molecular complexity index is 1580. The molecule has 1 saturated heterocycles. The Morgan fingerprint density at radius 3 is 2.26 bits per heavy atom. The second-order valence-electron chi connectivity index (χ2n) is 11.0. The predicted octanol–water partition coefficient (Wildman–Crippen LogP) is 5.29. The van der Waals surface area contributed by atoms with E-state index in [2.05, 4.69) is 6.58 Å². The molecular formula is C33H29NO5. The van der Waals surface area contributed by atoms with Gasteiger partial charge in [-0.1, -0.05) is 48.6 Å². The van der Waals surface area contributed by atoms with E-state index in [0.717, 1.165) is 16.7 Å². The normalized spacial score (nSPS) is 26.2. The van der Waals surface area contributed by atoms with E-state index in [-0.39, 0.29) is 35.6 Å². The first-order valence-electron chi connectivity index (χ1n) is 13.2. The van der Waals surface area contributed by atoms with Crippen molar-refractivity contribution in [1.82, 2.24) is 0 Å². The second kappa shape index (κ2) is 8.87. The highest BCUT2D eigenvalue weighted by atomic mass is 16.3. The quantitative estimate of drug-likeness (QED) is 0.338. The van der Waals surface area contributed by atoms with Crippen LogP contribution >= 0.6 is 0 Å². The van der Waals surface area contributed by atoms with E-state index in [0.29, 0.717) is 40.0 Å². The number of aromatic hydroxyl groups is 1. The minimum Gasteiger partial charge on any atom is -0.507 e. The van der Waals surface area contributed by atoms with Crippen molar-refractivity contribution in [2.24, 2.45) is 17.8 Å². The molecule has 2 aromatic carbocycles. The standard InChI is InChI=1S/C33H29NO5/c1-5-19-6-8-21(9-7-19)34-32(38)23-11-10-22-24(28(23)33(34)39)15-25-29(26(35)14-18(4)31(25)37)27(22)20-12-16(2)30(36)17(3)13-20/h5-10,12-14,23-24,27-28,36H,1,11,15H2,2-4H3. The largest absolute Gasteiger partial charge is 0.507 e. The van der Waals surface area contributed by atoms with Crippen molar-refractivity contribution in [3.05, 3.63) is 99.7 Å². The highest BCUT2D eigenvalue weighted by molar-refractivity contribution is 6.25. The molecule has 4 unspecified atom stereocenters. The summed E-state index contributed by atoms with van der Waals surface area (Å²) in [5.74, 6) is -2.76. The maximum absolute atomic E-state index is 14.0. The Kier molecular flexibility index (Phi) is 5.68. The van der Waals surface area contributed by atoms with Gasteiger partial charge in [0.25, 0.3) is 0 Å². The minimum absolute atomic E-state index is 0.184. The molecule has 4 aliphatic rings. The zero-order valence-corrected chi connectivity index (χ0v) is 22.2. The van der Waals surface area contributed by atoms with Gasteiger partial charge in [0.05, 0.1) is 17.5 Å². The number of hydrogen-bond donors (Lipinski definition) is 1. The Labute approximate surface area is 227 Å². The van der Waals surface area contributed by atoms with Gasteiger partial charge in [-0.2, -0.15) is 0 Å². The lowest BCUT2D eigenvalue weighted by molar-refractivity contribution is -0.123. The number of aryl methyl sites for hydroxylation is 2. The molecule has 1 heterocycles. The first-order valence-corrected chi connectivity index (χ1v) is 13.2. The second-order valence-corrected chi connectivity index (χ2v) is 11.0.